The van der Waals surface area contributed by atoms with E-state index in [1.54, 1.807) is 6.07 Å². The number of nitrogens with zero attached hydrogens (tertiary/aromatic N) is 2. The van der Waals surface area contributed by atoms with Gasteiger partial charge in [-0.15, -0.1) is 0 Å². The number of nitrogens with two attached hydrogens (primary N) is 1. The third-order valence-electron chi connectivity index (χ3n) is 4.41. The second-order valence-electron chi connectivity index (χ2n) is 6.07. The van der Waals surface area contributed by atoms with Gasteiger partial charge in [0.15, 0.2) is 0 Å². The van der Waals surface area contributed by atoms with E-state index in [-0.39, 0.29) is 10.7 Å². The first-order valence-corrected chi connectivity index (χ1v) is 11.2. The Bertz CT molecular complexity index is 964. The minimum atomic E-state index is -3.80. The topological polar surface area (TPSA) is 75.9 Å². The minimum absolute atomic E-state index is 0.0394. The van der Waals surface area contributed by atoms with Crippen molar-refractivity contribution < 1.29 is 17.5 Å². The smallest absolute Gasteiger partial charge is 0.238 e. The van der Waals surface area contributed by atoms with Crippen LogP contribution < -0.4 is 19.7 Å². The molecule has 27 heavy (non-hydrogen) atoms. The van der Waals surface area contributed by atoms with E-state index < -0.39 is 10.0 Å². The first-order chi connectivity index (χ1) is 12.7. The molecule has 0 amide bonds. The number of ether oxygens (including phenoxy) is 1. The van der Waals surface area contributed by atoms with E-state index in [4.69, 9.17) is 9.88 Å². The molecule has 146 valence electrons. The second-order valence-corrected chi connectivity index (χ2v) is 9.34. The van der Waals surface area contributed by atoms with E-state index in [9.17, 15) is 12.8 Å². The molecule has 10 heteroatoms. The van der Waals surface area contributed by atoms with Crippen LogP contribution >= 0.6 is 31.9 Å². The zero-order chi connectivity index (χ0) is 19.8. The van der Waals surface area contributed by atoms with Gasteiger partial charge in [0.2, 0.25) is 10.0 Å². The maximum absolute atomic E-state index is 14.0. The van der Waals surface area contributed by atoms with E-state index in [1.807, 2.05) is 11.0 Å². The molecule has 0 unspecified atom stereocenters. The molecule has 0 bridgehead atoms. The predicted octanol–water partition coefficient (Wildman–Crippen LogP) is 3.33. The molecule has 0 atom stereocenters. The van der Waals surface area contributed by atoms with Crippen LogP contribution in [0.2, 0.25) is 0 Å². The molecule has 1 fully saturated rings. The Morgan fingerprint density at radius 2 is 1.63 bits per heavy atom. The van der Waals surface area contributed by atoms with Crippen molar-refractivity contribution in [1.29, 1.82) is 0 Å². The summed E-state index contributed by atoms with van der Waals surface area (Å²) in [6, 6.07) is 7.83. The lowest BCUT2D eigenvalue weighted by Gasteiger charge is -2.38. The molecular formula is C17H18Br2FN3O3S. The van der Waals surface area contributed by atoms with Crippen LogP contribution in [-0.4, -0.2) is 41.7 Å². The fourth-order valence-electron chi connectivity index (χ4n) is 3.05. The Morgan fingerprint density at radius 1 is 1.04 bits per heavy atom. The molecule has 1 aliphatic rings. The highest BCUT2D eigenvalue weighted by atomic mass is 79.9. The molecule has 0 radical (unpaired) electrons. The highest BCUT2D eigenvalue weighted by Crippen LogP contribution is 2.35. The molecule has 0 spiro atoms. The van der Waals surface area contributed by atoms with Crippen LogP contribution in [0.4, 0.5) is 15.8 Å². The van der Waals surface area contributed by atoms with Crippen molar-refractivity contribution in [3.05, 3.63) is 45.1 Å². The van der Waals surface area contributed by atoms with Gasteiger partial charge in [-0.2, -0.15) is 0 Å². The summed E-state index contributed by atoms with van der Waals surface area (Å²) >= 11 is 6.64. The molecule has 0 saturated carbocycles. The number of primary sulfonamides is 1. The number of halogens is 3. The summed E-state index contributed by atoms with van der Waals surface area (Å²) in [5.74, 6) is 0.245. The van der Waals surface area contributed by atoms with E-state index >= 15 is 0 Å². The van der Waals surface area contributed by atoms with Crippen molar-refractivity contribution in [2.75, 3.05) is 43.1 Å². The number of benzene rings is 2. The van der Waals surface area contributed by atoms with Gasteiger partial charge >= 0.3 is 0 Å². The quantitative estimate of drug-likeness (QED) is 0.623. The van der Waals surface area contributed by atoms with Gasteiger partial charge in [-0.25, -0.2) is 17.9 Å². The summed E-state index contributed by atoms with van der Waals surface area (Å²) in [5.41, 5.74) is 1.44. The van der Waals surface area contributed by atoms with Crippen LogP contribution in [0.15, 0.2) is 44.2 Å². The van der Waals surface area contributed by atoms with Gasteiger partial charge in [0.25, 0.3) is 0 Å². The largest absolute Gasteiger partial charge is 0.495 e. The molecule has 0 aliphatic carbocycles. The average molecular weight is 523 g/mol. The number of hydrogen-bond acceptors (Lipinski definition) is 5. The SMILES string of the molecule is COc1ccc(S(N)(=O)=O)cc1N1CCN(c2cc(Br)cc(F)c2Br)CC1. The molecule has 6 nitrogen and oxygen atoms in total. The molecule has 2 aromatic carbocycles. The zero-order valence-electron chi connectivity index (χ0n) is 14.5. The van der Waals surface area contributed by atoms with E-state index in [2.05, 4.69) is 36.8 Å². The number of rotatable bonds is 4. The Morgan fingerprint density at radius 3 is 2.19 bits per heavy atom. The lowest BCUT2D eigenvalue weighted by molar-refractivity contribution is 0.413. The molecule has 2 aromatic rings. The standard InChI is InChI=1S/C17H18Br2FN3O3S/c1-26-16-3-2-12(27(21,24)25)10-14(16)22-4-6-23(7-5-22)15-9-11(18)8-13(20)17(15)19/h2-3,8-10H,4-7H2,1H3,(H2,21,24,25). The van der Waals surface area contributed by atoms with Gasteiger partial charge in [0, 0.05) is 30.7 Å². The van der Waals surface area contributed by atoms with Gasteiger partial charge in [-0.3, -0.25) is 0 Å². The Hall–Kier alpha value is -1.36. The molecule has 0 aromatic heterocycles. The Balaban J connectivity index is 1.84. The first-order valence-electron chi connectivity index (χ1n) is 8.06. The average Bonchev–Trinajstić information content (AvgIpc) is 2.63. The van der Waals surface area contributed by atoms with Crippen molar-refractivity contribution >= 4 is 53.3 Å². The van der Waals surface area contributed by atoms with Crippen molar-refractivity contribution in [1.82, 2.24) is 0 Å². The lowest BCUT2D eigenvalue weighted by Crippen LogP contribution is -2.46. The van der Waals surface area contributed by atoms with Crippen LogP contribution in [0.5, 0.6) is 5.75 Å². The third-order valence-corrected chi connectivity index (χ3v) is 6.57. The van der Waals surface area contributed by atoms with Crippen molar-refractivity contribution in [2.24, 2.45) is 5.14 Å². The molecular weight excluding hydrogens is 505 g/mol. The van der Waals surface area contributed by atoms with Crippen LogP contribution in [-0.2, 0) is 10.0 Å². The normalized spacial score (nSPS) is 15.1. The summed E-state index contributed by atoms with van der Waals surface area (Å²) in [4.78, 5) is 4.15. The van der Waals surface area contributed by atoms with Crippen LogP contribution in [0.25, 0.3) is 0 Å². The lowest BCUT2D eigenvalue weighted by atomic mass is 10.2. The van der Waals surface area contributed by atoms with Gasteiger partial charge in [-0.1, -0.05) is 15.9 Å². The first kappa shape index (κ1) is 20.4. The molecule has 3 rings (SSSR count). The third kappa shape index (κ3) is 4.39. The van der Waals surface area contributed by atoms with Crippen LogP contribution in [0.1, 0.15) is 0 Å². The number of piperazine rings is 1. The predicted molar refractivity (Wildman–Crippen MR) is 111 cm³/mol. The van der Waals surface area contributed by atoms with Gasteiger partial charge in [-0.05, 0) is 46.3 Å². The van der Waals surface area contributed by atoms with Crippen molar-refractivity contribution in [3.63, 3.8) is 0 Å². The second kappa shape index (κ2) is 7.94. The van der Waals surface area contributed by atoms with Gasteiger partial charge in [0.1, 0.15) is 11.6 Å². The molecule has 1 heterocycles. The zero-order valence-corrected chi connectivity index (χ0v) is 18.4. The number of hydrogen-bond donors (Lipinski definition) is 1. The Kier molecular flexibility index (Phi) is 5.99. The van der Waals surface area contributed by atoms with Crippen molar-refractivity contribution in [2.45, 2.75) is 4.90 Å². The number of anilines is 2. The van der Waals surface area contributed by atoms with E-state index in [0.29, 0.717) is 46.6 Å². The maximum Gasteiger partial charge on any atom is 0.238 e. The minimum Gasteiger partial charge on any atom is -0.495 e. The fourth-order valence-corrected chi connectivity index (χ4v) is 4.49. The maximum atomic E-state index is 14.0. The molecule has 1 saturated heterocycles. The van der Waals surface area contributed by atoms with E-state index in [1.165, 1.54) is 25.3 Å². The molecule has 1 aliphatic heterocycles. The number of methoxy groups -OCH3 is 1. The molecule has 2 N–H and O–H groups in total. The summed E-state index contributed by atoms with van der Waals surface area (Å²) in [6.45, 7) is 2.50. The summed E-state index contributed by atoms with van der Waals surface area (Å²) in [7, 11) is -2.27. The van der Waals surface area contributed by atoms with E-state index in [0.717, 1.165) is 5.69 Å². The monoisotopic (exact) mass is 521 g/mol. The highest BCUT2D eigenvalue weighted by Gasteiger charge is 2.24. The summed E-state index contributed by atoms with van der Waals surface area (Å²) in [5, 5.41) is 5.25. The van der Waals surface area contributed by atoms with Gasteiger partial charge in [0.05, 0.1) is 27.9 Å². The van der Waals surface area contributed by atoms with Crippen LogP contribution in [0, 0.1) is 5.82 Å². The summed E-state index contributed by atoms with van der Waals surface area (Å²) in [6.07, 6.45) is 0. The number of sulfonamides is 1. The van der Waals surface area contributed by atoms with Gasteiger partial charge < -0.3 is 14.5 Å². The Labute approximate surface area is 174 Å². The highest BCUT2D eigenvalue weighted by molar-refractivity contribution is 9.11. The van der Waals surface area contributed by atoms with Crippen molar-refractivity contribution in [3.8, 4) is 5.75 Å². The summed E-state index contributed by atoms with van der Waals surface area (Å²) < 4.78 is 43.8. The van der Waals surface area contributed by atoms with Crippen LogP contribution in [0.3, 0.4) is 0 Å². The fraction of sp³-hybridized carbons (Fsp3) is 0.294.